The van der Waals surface area contributed by atoms with Gasteiger partial charge in [0, 0.05) is 25.0 Å². The van der Waals surface area contributed by atoms with Gasteiger partial charge in [-0.25, -0.2) is 4.98 Å². The number of carbonyl (C=O) groups excluding carboxylic acids is 1. The predicted molar refractivity (Wildman–Crippen MR) is 80.2 cm³/mol. The molecule has 1 aliphatic heterocycles. The number of pyridine rings is 1. The third kappa shape index (κ3) is 2.03. The average Bonchev–Trinajstić information content (AvgIpc) is 2.82. The van der Waals surface area contributed by atoms with Crippen molar-refractivity contribution in [2.75, 3.05) is 17.3 Å². The number of nitrogens with one attached hydrogen (secondary N) is 1. The van der Waals surface area contributed by atoms with Gasteiger partial charge in [-0.3, -0.25) is 4.79 Å². The molecule has 1 atom stereocenters. The summed E-state index contributed by atoms with van der Waals surface area (Å²) in [5.41, 5.74) is 2.86. The van der Waals surface area contributed by atoms with Gasteiger partial charge in [0.2, 0.25) is 0 Å². The molecule has 4 nitrogen and oxygen atoms in total. The fourth-order valence-electron chi connectivity index (χ4n) is 2.68. The molecular weight excluding hydrogens is 250 g/mol. The van der Waals surface area contributed by atoms with Crippen molar-refractivity contribution in [3.63, 3.8) is 0 Å². The Balaban J connectivity index is 1.94. The van der Waals surface area contributed by atoms with Crippen LogP contribution in [0.1, 0.15) is 22.8 Å². The number of fused-ring (bicyclic) bond motifs is 1. The van der Waals surface area contributed by atoms with Gasteiger partial charge < -0.3 is 10.2 Å². The molecule has 4 heteroatoms. The number of carbonyl (C=O) groups is 1. The van der Waals surface area contributed by atoms with E-state index < -0.39 is 0 Å². The Labute approximate surface area is 118 Å². The molecule has 2 heterocycles. The first-order valence-electron chi connectivity index (χ1n) is 6.76. The average molecular weight is 267 g/mol. The topological polar surface area (TPSA) is 45.2 Å². The maximum atomic E-state index is 12.7. The zero-order chi connectivity index (χ0) is 14.1. The molecular formula is C16H17N3O. The molecule has 1 aromatic carbocycles. The number of benzene rings is 1. The quantitative estimate of drug-likeness (QED) is 0.910. The first kappa shape index (κ1) is 12.7. The fourth-order valence-corrected chi connectivity index (χ4v) is 2.68. The van der Waals surface area contributed by atoms with Crippen LogP contribution < -0.4 is 10.2 Å². The summed E-state index contributed by atoms with van der Waals surface area (Å²) >= 11 is 0. The van der Waals surface area contributed by atoms with Crippen LogP contribution in [-0.4, -0.2) is 24.0 Å². The maximum absolute atomic E-state index is 12.7. The second-order valence-electron chi connectivity index (χ2n) is 5.04. The van der Waals surface area contributed by atoms with Crippen molar-refractivity contribution in [2.24, 2.45) is 0 Å². The van der Waals surface area contributed by atoms with Gasteiger partial charge in [-0.15, -0.1) is 0 Å². The minimum atomic E-state index is 0.0117. The first-order chi connectivity index (χ1) is 9.70. The Morgan fingerprint density at radius 1 is 1.30 bits per heavy atom. The van der Waals surface area contributed by atoms with Crippen LogP contribution in [0.3, 0.4) is 0 Å². The van der Waals surface area contributed by atoms with Crippen LogP contribution in [0.25, 0.3) is 0 Å². The van der Waals surface area contributed by atoms with Gasteiger partial charge in [0.15, 0.2) is 0 Å². The number of rotatable bonds is 2. The lowest BCUT2D eigenvalue weighted by molar-refractivity contribution is 0.0981. The molecule has 0 saturated heterocycles. The van der Waals surface area contributed by atoms with Crippen LogP contribution in [0.4, 0.5) is 11.5 Å². The molecule has 0 bridgehead atoms. The lowest BCUT2D eigenvalue weighted by Gasteiger charge is -2.22. The number of hydrogen-bond acceptors (Lipinski definition) is 3. The minimum absolute atomic E-state index is 0.0117. The maximum Gasteiger partial charge on any atom is 0.260 e. The van der Waals surface area contributed by atoms with Crippen molar-refractivity contribution in [3.05, 3.63) is 53.7 Å². The lowest BCUT2D eigenvalue weighted by Crippen LogP contribution is -2.35. The summed E-state index contributed by atoms with van der Waals surface area (Å²) in [7, 11) is 1.81. The molecule has 1 aromatic heterocycles. The Bertz CT molecular complexity index is 636. The van der Waals surface area contributed by atoms with E-state index in [4.69, 9.17) is 0 Å². The Hall–Kier alpha value is -2.36. The molecule has 1 amide bonds. The Morgan fingerprint density at radius 3 is 2.80 bits per heavy atom. The van der Waals surface area contributed by atoms with Gasteiger partial charge in [0.25, 0.3) is 5.91 Å². The van der Waals surface area contributed by atoms with Gasteiger partial charge in [-0.2, -0.15) is 0 Å². The number of para-hydroxylation sites is 1. The highest BCUT2D eigenvalue weighted by Gasteiger charge is 2.31. The van der Waals surface area contributed by atoms with Gasteiger partial charge in [0.05, 0.1) is 5.56 Å². The molecule has 0 radical (unpaired) electrons. The Morgan fingerprint density at radius 2 is 2.10 bits per heavy atom. The molecule has 1 N–H and O–H groups in total. The molecule has 1 aliphatic rings. The van der Waals surface area contributed by atoms with E-state index in [0.29, 0.717) is 5.56 Å². The van der Waals surface area contributed by atoms with Crippen molar-refractivity contribution in [2.45, 2.75) is 19.4 Å². The molecule has 0 aliphatic carbocycles. The molecule has 2 aromatic rings. The summed E-state index contributed by atoms with van der Waals surface area (Å²) in [5.74, 6) is 0.772. The van der Waals surface area contributed by atoms with Crippen LogP contribution in [-0.2, 0) is 6.42 Å². The van der Waals surface area contributed by atoms with E-state index in [9.17, 15) is 4.79 Å². The lowest BCUT2D eigenvalue weighted by atomic mass is 10.1. The second kappa shape index (κ2) is 4.96. The van der Waals surface area contributed by atoms with Crippen molar-refractivity contribution in [3.8, 4) is 0 Å². The molecule has 0 spiro atoms. The summed E-state index contributed by atoms with van der Waals surface area (Å²) in [4.78, 5) is 18.8. The summed E-state index contributed by atoms with van der Waals surface area (Å²) in [5, 5.41) is 2.95. The predicted octanol–water partition coefficient (Wildman–Crippen LogP) is 2.71. The van der Waals surface area contributed by atoms with E-state index in [2.05, 4.69) is 23.3 Å². The third-order valence-corrected chi connectivity index (χ3v) is 3.69. The molecule has 0 fully saturated rings. The largest absolute Gasteiger partial charge is 0.373 e. The molecule has 0 saturated carbocycles. The normalized spacial score (nSPS) is 16.9. The zero-order valence-corrected chi connectivity index (χ0v) is 11.6. The minimum Gasteiger partial charge on any atom is -0.373 e. The monoisotopic (exact) mass is 267 g/mol. The standard InChI is InChI=1S/C16H17N3O/c1-11-9-12-5-3-4-6-14(12)19(11)16(20)13-7-8-15(17-2)18-10-13/h3-8,10-11H,9H2,1-2H3,(H,17,18). The highest BCUT2D eigenvalue weighted by atomic mass is 16.2. The molecule has 1 unspecified atom stereocenters. The Kier molecular flexibility index (Phi) is 3.14. The SMILES string of the molecule is CNc1ccc(C(=O)N2c3ccccc3CC2C)cn1. The zero-order valence-electron chi connectivity index (χ0n) is 11.6. The van der Waals surface area contributed by atoms with Gasteiger partial charge in [-0.1, -0.05) is 18.2 Å². The van der Waals surface area contributed by atoms with E-state index >= 15 is 0 Å². The first-order valence-corrected chi connectivity index (χ1v) is 6.76. The molecule has 102 valence electrons. The summed E-state index contributed by atoms with van der Waals surface area (Å²) in [6.45, 7) is 2.08. The highest BCUT2D eigenvalue weighted by molar-refractivity contribution is 6.07. The van der Waals surface area contributed by atoms with E-state index in [1.165, 1.54) is 5.56 Å². The van der Waals surface area contributed by atoms with E-state index in [0.717, 1.165) is 17.9 Å². The van der Waals surface area contributed by atoms with E-state index in [1.54, 1.807) is 6.20 Å². The van der Waals surface area contributed by atoms with Gasteiger partial charge in [-0.05, 0) is 37.1 Å². The summed E-state index contributed by atoms with van der Waals surface area (Å²) < 4.78 is 0. The number of amides is 1. The van der Waals surface area contributed by atoms with Crippen molar-refractivity contribution in [1.29, 1.82) is 0 Å². The number of nitrogens with zero attached hydrogens (tertiary/aromatic N) is 2. The number of anilines is 2. The van der Waals surface area contributed by atoms with Gasteiger partial charge in [0.1, 0.15) is 5.82 Å². The van der Waals surface area contributed by atoms with E-state index in [-0.39, 0.29) is 11.9 Å². The van der Waals surface area contributed by atoms with Crippen LogP contribution >= 0.6 is 0 Å². The molecule has 3 rings (SSSR count). The van der Waals surface area contributed by atoms with Crippen LogP contribution in [0.15, 0.2) is 42.6 Å². The van der Waals surface area contributed by atoms with Crippen molar-refractivity contribution in [1.82, 2.24) is 4.98 Å². The number of hydrogen-bond donors (Lipinski definition) is 1. The van der Waals surface area contributed by atoms with Crippen LogP contribution in [0, 0.1) is 0 Å². The second-order valence-corrected chi connectivity index (χ2v) is 5.04. The van der Waals surface area contributed by atoms with Crippen LogP contribution in [0.5, 0.6) is 0 Å². The van der Waals surface area contributed by atoms with Crippen molar-refractivity contribution < 1.29 is 4.79 Å². The van der Waals surface area contributed by atoms with Gasteiger partial charge >= 0.3 is 0 Å². The van der Waals surface area contributed by atoms with Crippen molar-refractivity contribution >= 4 is 17.4 Å². The third-order valence-electron chi connectivity index (χ3n) is 3.69. The van der Waals surface area contributed by atoms with Crippen LogP contribution in [0.2, 0.25) is 0 Å². The summed E-state index contributed by atoms with van der Waals surface area (Å²) in [6.07, 6.45) is 2.53. The fraction of sp³-hybridized carbons (Fsp3) is 0.250. The highest BCUT2D eigenvalue weighted by Crippen LogP contribution is 2.32. The number of aromatic nitrogens is 1. The smallest absolute Gasteiger partial charge is 0.260 e. The van der Waals surface area contributed by atoms with E-state index in [1.807, 2.05) is 42.3 Å². The summed E-state index contributed by atoms with van der Waals surface area (Å²) in [6, 6.07) is 11.9. The molecule has 20 heavy (non-hydrogen) atoms.